The molecule has 2 fully saturated rings. The van der Waals surface area contributed by atoms with E-state index in [0.29, 0.717) is 17.4 Å². The standard InChI is InChI=1S/C28H29F2N5O2/c29-21-7-6-20(23(30)15-21)18-37-27-5-1-3-24(33-27)19-8-12-34(13-9-19)17-26-32-25-4-2-11-31-28(25)35(26)16-22-10-14-36-22/h1-7,11,15,19,22H,8-10,12-14,16-18H2/t22-/m0/s1. The van der Waals surface area contributed by atoms with Crippen molar-refractivity contribution in [2.24, 2.45) is 0 Å². The van der Waals surface area contributed by atoms with E-state index in [1.165, 1.54) is 12.1 Å². The smallest absolute Gasteiger partial charge is 0.213 e. The number of piperidine rings is 1. The molecule has 2 aliphatic rings. The topological polar surface area (TPSA) is 65.3 Å². The van der Waals surface area contributed by atoms with E-state index in [4.69, 9.17) is 14.5 Å². The van der Waals surface area contributed by atoms with Crippen molar-refractivity contribution >= 4 is 11.2 Å². The summed E-state index contributed by atoms with van der Waals surface area (Å²) in [5.41, 5.74) is 3.12. The summed E-state index contributed by atoms with van der Waals surface area (Å²) in [6, 6.07) is 13.1. The van der Waals surface area contributed by atoms with Crippen LogP contribution in [0.2, 0.25) is 0 Å². The fourth-order valence-corrected chi connectivity index (χ4v) is 5.07. The Hall–Kier alpha value is -3.43. The molecule has 4 aromatic rings. The highest BCUT2D eigenvalue weighted by Gasteiger charge is 2.26. The number of hydrogen-bond donors (Lipinski definition) is 0. The molecule has 7 nitrogen and oxygen atoms in total. The average Bonchev–Trinajstić information content (AvgIpc) is 3.23. The van der Waals surface area contributed by atoms with Gasteiger partial charge in [0.2, 0.25) is 5.88 Å². The van der Waals surface area contributed by atoms with Crippen LogP contribution in [0.3, 0.4) is 0 Å². The zero-order valence-corrected chi connectivity index (χ0v) is 20.5. The van der Waals surface area contributed by atoms with Gasteiger partial charge >= 0.3 is 0 Å². The molecule has 192 valence electrons. The molecule has 0 amide bonds. The lowest BCUT2D eigenvalue weighted by molar-refractivity contribution is -0.0593. The normalized spacial score (nSPS) is 18.7. The molecule has 0 aliphatic carbocycles. The third-order valence-corrected chi connectivity index (χ3v) is 7.27. The molecule has 37 heavy (non-hydrogen) atoms. The van der Waals surface area contributed by atoms with Crippen molar-refractivity contribution < 1.29 is 18.3 Å². The summed E-state index contributed by atoms with van der Waals surface area (Å²) in [6.45, 7) is 4.27. The Morgan fingerprint density at radius 2 is 1.86 bits per heavy atom. The van der Waals surface area contributed by atoms with Gasteiger partial charge in [-0.2, -0.15) is 0 Å². The Labute approximate surface area is 214 Å². The molecule has 9 heteroatoms. The van der Waals surface area contributed by atoms with E-state index >= 15 is 0 Å². The number of ether oxygens (including phenoxy) is 2. The lowest BCUT2D eigenvalue weighted by atomic mass is 9.93. The van der Waals surface area contributed by atoms with Crippen LogP contribution < -0.4 is 4.74 Å². The molecule has 2 aliphatic heterocycles. The van der Waals surface area contributed by atoms with Crippen LogP contribution in [0, 0.1) is 11.6 Å². The Balaban J connectivity index is 1.08. The number of likely N-dealkylation sites (tertiary alicyclic amines) is 1. The average molecular weight is 506 g/mol. The quantitative estimate of drug-likeness (QED) is 0.341. The van der Waals surface area contributed by atoms with Gasteiger partial charge in [-0.3, -0.25) is 4.90 Å². The number of imidazole rings is 1. The molecule has 0 radical (unpaired) electrons. The molecule has 0 saturated carbocycles. The summed E-state index contributed by atoms with van der Waals surface area (Å²) in [6.07, 6.45) is 5.09. The van der Waals surface area contributed by atoms with E-state index < -0.39 is 11.6 Å². The van der Waals surface area contributed by atoms with Gasteiger partial charge in [-0.1, -0.05) is 6.07 Å². The van der Waals surface area contributed by atoms with Crippen LogP contribution in [-0.2, 0) is 24.4 Å². The summed E-state index contributed by atoms with van der Waals surface area (Å²) in [7, 11) is 0. The summed E-state index contributed by atoms with van der Waals surface area (Å²) in [5.74, 6) is 0.584. The maximum absolute atomic E-state index is 13.9. The molecule has 0 N–H and O–H groups in total. The van der Waals surface area contributed by atoms with Gasteiger partial charge in [0, 0.05) is 42.1 Å². The van der Waals surface area contributed by atoms with Crippen LogP contribution >= 0.6 is 0 Å². The van der Waals surface area contributed by atoms with Crippen LogP contribution in [0.5, 0.6) is 5.88 Å². The summed E-state index contributed by atoms with van der Waals surface area (Å²) >= 11 is 0. The first kappa shape index (κ1) is 23.9. The maximum Gasteiger partial charge on any atom is 0.213 e. The summed E-state index contributed by atoms with van der Waals surface area (Å²) in [5, 5.41) is 0. The van der Waals surface area contributed by atoms with E-state index in [-0.39, 0.29) is 12.7 Å². The van der Waals surface area contributed by atoms with E-state index in [9.17, 15) is 8.78 Å². The van der Waals surface area contributed by atoms with Crippen LogP contribution in [0.15, 0.2) is 54.7 Å². The van der Waals surface area contributed by atoms with E-state index in [1.807, 2.05) is 30.5 Å². The van der Waals surface area contributed by atoms with E-state index in [2.05, 4.69) is 19.4 Å². The third-order valence-electron chi connectivity index (χ3n) is 7.27. The molecule has 5 heterocycles. The molecule has 1 aromatic carbocycles. The number of halogens is 2. The SMILES string of the molecule is Fc1ccc(COc2cccc(C3CCN(Cc4nc5cccnc5n4C[C@@H]4CCO4)CC3)n2)c(F)c1. The van der Waals surface area contributed by atoms with Crippen LogP contribution in [0.25, 0.3) is 11.2 Å². The maximum atomic E-state index is 13.9. The number of nitrogens with zero attached hydrogens (tertiary/aromatic N) is 5. The van der Waals surface area contributed by atoms with Crippen LogP contribution in [0.1, 0.15) is 42.3 Å². The summed E-state index contributed by atoms with van der Waals surface area (Å²) in [4.78, 5) is 16.6. The highest BCUT2D eigenvalue weighted by Crippen LogP contribution is 2.29. The van der Waals surface area contributed by atoms with Gasteiger partial charge in [0.1, 0.15) is 29.6 Å². The van der Waals surface area contributed by atoms with E-state index in [1.54, 1.807) is 6.07 Å². The fraction of sp³-hybridized carbons (Fsp3) is 0.393. The predicted octanol–water partition coefficient (Wildman–Crippen LogP) is 4.85. The molecule has 0 unspecified atom stereocenters. The van der Waals surface area contributed by atoms with Gasteiger partial charge in [0.25, 0.3) is 0 Å². The van der Waals surface area contributed by atoms with E-state index in [0.717, 1.165) is 80.8 Å². The second kappa shape index (κ2) is 10.5. The van der Waals surface area contributed by atoms with Gasteiger partial charge in [-0.15, -0.1) is 0 Å². The first-order valence-corrected chi connectivity index (χ1v) is 12.8. The molecule has 6 rings (SSSR count). The lowest BCUT2D eigenvalue weighted by Gasteiger charge is -2.32. The van der Waals surface area contributed by atoms with Crippen molar-refractivity contribution in [3.05, 3.63) is 83.4 Å². The number of aromatic nitrogens is 4. The first-order valence-electron chi connectivity index (χ1n) is 12.8. The highest BCUT2D eigenvalue weighted by atomic mass is 19.1. The summed E-state index contributed by atoms with van der Waals surface area (Å²) < 4.78 is 40.7. The van der Waals surface area contributed by atoms with Crippen molar-refractivity contribution in [1.82, 2.24) is 24.4 Å². The second-order valence-electron chi connectivity index (χ2n) is 9.74. The minimum Gasteiger partial charge on any atom is -0.473 e. The molecule has 0 spiro atoms. The number of benzene rings is 1. The molecular weight excluding hydrogens is 476 g/mol. The van der Waals surface area contributed by atoms with Crippen LogP contribution in [0.4, 0.5) is 8.78 Å². The van der Waals surface area contributed by atoms with Gasteiger partial charge < -0.3 is 14.0 Å². The second-order valence-corrected chi connectivity index (χ2v) is 9.74. The van der Waals surface area contributed by atoms with Gasteiger partial charge in [-0.05, 0) is 62.7 Å². The number of hydrogen-bond acceptors (Lipinski definition) is 6. The van der Waals surface area contributed by atoms with Crippen molar-refractivity contribution in [1.29, 1.82) is 0 Å². The molecular formula is C28H29F2N5O2. The number of pyridine rings is 2. The minimum atomic E-state index is -0.618. The Bertz CT molecular complexity index is 1380. The van der Waals surface area contributed by atoms with Crippen molar-refractivity contribution in [3.8, 4) is 5.88 Å². The minimum absolute atomic E-state index is 0.00274. The largest absolute Gasteiger partial charge is 0.473 e. The molecule has 0 bridgehead atoms. The predicted molar refractivity (Wildman–Crippen MR) is 134 cm³/mol. The number of rotatable bonds is 8. The Kier molecular flexibility index (Phi) is 6.80. The lowest BCUT2D eigenvalue weighted by Crippen LogP contribution is -2.35. The highest BCUT2D eigenvalue weighted by molar-refractivity contribution is 5.71. The Morgan fingerprint density at radius 1 is 1.00 bits per heavy atom. The zero-order chi connectivity index (χ0) is 25.2. The van der Waals surface area contributed by atoms with Crippen molar-refractivity contribution in [3.63, 3.8) is 0 Å². The van der Waals surface area contributed by atoms with Gasteiger partial charge in [0.05, 0.1) is 19.2 Å². The van der Waals surface area contributed by atoms with Crippen molar-refractivity contribution in [2.75, 3.05) is 19.7 Å². The van der Waals surface area contributed by atoms with Crippen molar-refractivity contribution in [2.45, 2.75) is 51.0 Å². The molecule has 1 atom stereocenters. The Morgan fingerprint density at radius 3 is 2.65 bits per heavy atom. The zero-order valence-electron chi connectivity index (χ0n) is 20.5. The van der Waals surface area contributed by atoms with Gasteiger partial charge in [0.15, 0.2) is 5.65 Å². The molecule has 2 saturated heterocycles. The van der Waals surface area contributed by atoms with Gasteiger partial charge in [-0.25, -0.2) is 23.7 Å². The third kappa shape index (κ3) is 5.33. The fourth-order valence-electron chi connectivity index (χ4n) is 5.07. The number of fused-ring (bicyclic) bond motifs is 1. The molecule has 3 aromatic heterocycles. The first-order chi connectivity index (χ1) is 18.1. The van der Waals surface area contributed by atoms with Crippen LogP contribution in [-0.4, -0.2) is 50.2 Å². The monoisotopic (exact) mass is 505 g/mol.